The van der Waals surface area contributed by atoms with Gasteiger partial charge in [-0.05, 0) is 17.2 Å². The Morgan fingerprint density at radius 1 is 1.15 bits per heavy atom. The lowest BCUT2D eigenvalue weighted by atomic mass is 10.1. The molecular formula is C19H26N6O. The van der Waals surface area contributed by atoms with Crippen LogP contribution in [-0.4, -0.2) is 21.4 Å². The molecule has 138 valence electrons. The van der Waals surface area contributed by atoms with Crippen molar-refractivity contribution < 1.29 is 9.07 Å². The minimum atomic E-state index is -0.533. The van der Waals surface area contributed by atoms with Crippen molar-refractivity contribution in [3.05, 3.63) is 77.6 Å². The standard InChI is InChI=1S/C19H20N6O.3H2/c20-9-13-5-7-14(8-6-13)11-25-12-15(10-23-25)24-19(26)18(22)16-3-1-2-4-17(16)21;;;/h1-8,10,12,22H,9,11,20-21H2,(H,24,26);3*1H. The van der Waals surface area contributed by atoms with Gasteiger partial charge in [0, 0.05) is 28.3 Å². The van der Waals surface area contributed by atoms with E-state index in [1.165, 1.54) is 0 Å². The number of nitrogens with two attached hydrogens (primary N) is 2. The van der Waals surface area contributed by atoms with Crippen LogP contribution in [0.25, 0.3) is 0 Å². The Labute approximate surface area is 155 Å². The van der Waals surface area contributed by atoms with E-state index in [9.17, 15) is 4.79 Å². The third-order valence-electron chi connectivity index (χ3n) is 3.95. The van der Waals surface area contributed by atoms with Gasteiger partial charge in [0.05, 0.1) is 18.4 Å². The van der Waals surface area contributed by atoms with E-state index in [1.807, 2.05) is 24.3 Å². The summed E-state index contributed by atoms with van der Waals surface area (Å²) in [5.74, 6) is -0.533. The first-order valence-corrected chi connectivity index (χ1v) is 8.12. The number of carbonyl (C=O) groups is 1. The van der Waals surface area contributed by atoms with Gasteiger partial charge in [0.25, 0.3) is 5.91 Å². The zero-order chi connectivity index (χ0) is 18.5. The van der Waals surface area contributed by atoms with Crippen molar-refractivity contribution in [2.45, 2.75) is 13.1 Å². The molecule has 1 aromatic heterocycles. The molecule has 0 bridgehead atoms. The predicted octanol–water partition coefficient (Wildman–Crippen LogP) is 2.72. The molecule has 0 atom stereocenters. The summed E-state index contributed by atoms with van der Waals surface area (Å²) in [5, 5.41) is 14.9. The van der Waals surface area contributed by atoms with E-state index in [0.29, 0.717) is 30.0 Å². The van der Waals surface area contributed by atoms with Crippen LogP contribution in [-0.2, 0) is 17.9 Å². The van der Waals surface area contributed by atoms with Gasteiger partial charge >= 0.3 is 0 Å². The number of anilines is 2. The van der Waals surface area contributed by atoms with Crippen LogP contribution in [0.4, 0.5) is 11.4 Å². The number of nitrogens with zero attached hydrogens (tertiary/aromatic N) is 2. The van der Waals surface area contributed by atoms with Gasteiger partial charge in [-0.1, -0.05) is 42.5 Å². The van der Waals surface area contributed by atoms with Crippen molar-refractivity contribution in [3.63, 3.8) is 0 Å². The molecule has 0 radical (unpaired) electrons. The third kappa shape index (κ3) is 3.96. The number of aromatic nitrogens is 2. The number of hydrogen-bond acceptors (Lipinski definition) is 5. The van der Waals surface area contributed by atoms with Gasteiger partial charge < -0.3 is 16.8 Å². The highest BCUT2D eigenvalue weighted by Crippen LogP contribution is 2.14. The Balaban J connectivity index is 0.00000261. The lowest BCUT2D eigenvalue weighted by molar-refractivity contribution is -0.110. The monoisotopic (exact) mass is 354 g/mol. The van der Waals surface area contributed by atoms with Crippen molar-refractivity contribution >= 4 is 23.0 Å². The molecule has 0 aliphatic carbocycles. The summed E-state index contributed by atoms with van der Waals surface area (Å²) in [7, 11) is 0. The Morgan fingerprint density at radius 2 is 1.85 bits per heavy atom. The zero-order valence-electron chi connectivity index (χ0n) is 14.1. The highest BCUT2D eigenvalue weighted by atomic mass is 16.1. The fourth-order valence-corrected chi connectivity index (χ4v) is 2.52. The molecule has 1 heterocycles. The number of nitrogens with one attached hydrogen (secondary N) is 2. The molecule has 7 nitrogen and oxygen atoms in total. The summed E-state index contributed by atoms with van der Waals surface area (Å²) in [5.41, 5.74) is 14.7. The van der Waals surface area contributed by atoms with Crippen LogP contribution >= 0.6 is 0 Å². The Hall–Kier alpha value is -3.45. The SMILES string of the molecule is N=C(C(=O)Nc1cnn(Cc2ccc(CN)cc2)c1)c1ccccc1N.[HH].[HH].[HH]. The molecule has 6 N–H and O–H groups in total. The number of carbonyl (C=O) groups excluding carboxylic acids is 1. The highest BCUT2D eigenvalue weighted by molar-refractivity contribution is 6.48. The maximum atomic E-state index is 12.3. The van der Waals surface area contributed by atoms with E-state index in [2.05, 4.69) is 10.4 Å². The van der Waals surface area contributed by atoms with E-state index in [4.69, 9.17) is 16.9 Å². The topological polar surface area (TPSA) is 123 Å². The summed E-state index contributed by atoms with van der Waals surface area (Å²) < 4.78 is 1.72. The largest absolute Gasteiger partial charge is 0.398 e. The molecular weight excluding hydrogens is 328 g/mol. The molecule has 0 saturated heterocycles. The summed E-state index contributed by atoms with van der Waals surface area (Å²) in [6.45, 7) is 1.08. The third-order valence-corrected chi connectivity index (χ3v) is 3.95. The molecule has 0 fully saturated rings. The number of hydrogen-bond donors (Lipinski definition) is 4. The Morgan fingerprint density at radius 3 is 2.54 bits per heavy atom. The number of amides is 1. The first-order valence-electron chi connectivity index (χ1n) is 8.12. The average molecular weight is 354 g/mol. The molecule has 0 aliphatic heterocycles. The van der Waals surface area contributed by atoms with Crippen LogP contribution in [0, 0.1) is 5.41 Å². The fourth-order valence-electron chi connectivity index (χ4n) is 2.52. The summed E-state index contributed by atoms with van der Waals surface area (Å²) in [6, 6.07) is 14.7. The first-order chi connectivity index (χ1) is 12.6. The zero-order valence-corrected chi connectivity index (χ0v) is 14.1. The Kier molecular flexibility index (Phi) is 5.09. The molecule has 0 aliphatic rings. The average Bonchev–Trinajstić information content (AvgIpc) is 3.09. The van der Waals surface area contributed by atoms with Crippen LogP contribution in [0.1, 0.15) is 21.0 Å². The van der Waals surface area contributed by atoms with Gasteiger partial charge in [-0.15, -0.1) is 0 Å². The summed E-state index contributed by atoms with van der Waals surface area (Å²) >= 11 is 0. The van der Waals surface area contributed by atoms with Gasteiger partial charge in [0.15, 0.2) is 0 Å². The number of nitrogen functional groups attached to an aromatic ring is 1. The molecule has 26 heavy (non-hydrogen) atoms. The first kappa shape index (κ1) is 17.4. The maximum absolute atomic E-state index is 12.3. The maximum Gasteiger partial charge on any atom is 0.274 e. The summed E-state index contributed by atoms with van der Waals surface area (Å²) in [6.07, 6.45) is 3.27. The second-order valence-corrected chi connectivity index (χ2v) is 5.86. The van der Waals surface area contributed by atoms with Crippen molar-refractivity contribution in [2.24, 2.45) is 5.73 Å². The smallest absolute Gasteiger partial charge is 0.274 e. The second kappa shape index (κ2) is 7.62. The van der Waals surface area contributed by atoms with E-state index >= 15 is 0 Å². The normalized spacial score (nSPS) is 10.5. The summed E-state index contributed by atoms with van der Waals surface area (Å²) in [4.78, 5) is 12.3. The van der Waals surface area contributed by atoms with Gasteiger partial charge in [0.2, 0.25) is 0 Å². The van der Waals surface area contributed by atoms with Gasteiger partial charge in [-0.25, -0.2) is 0 Å². The van der Waals surface area contributed by atoms with Crippen LogP contribution in [0.3, 0.4) is 0 Å². The van der Waals surface area contributed by atoms with Crippen LogP contribution < -0.4 is 16.8 Å². The molecule has 0 unspecified atom stereocenters. The van der Waals surface area contributed by atoms with E-state index in [-0.39, 0.29) is 9.99 Å². The quantitative estimate of drug-likeness (QED) is 0.401. The molecule has 0 spiro atoms. The van der Waals surface area contributed by atoms with Crippen LogP contribution in [0.2, 0.25) is 0 Å². The van der Waals surface area contributed by atoms with Crippen LogP contribution in [0.15, 0.2) is 60.9 Å². The number of para-hydroxylation sites is 1. The van der Waals surface area contributed by atoms with E-state index in [1.54, 1.807) is 41.3 Å². The minimum Gasteiger partial charge on any atom is -0.398 e. The van der Waals surface area contributed by atoms with Crippen molar-refractivity contribution in [1.29, 1.82) is 5.41 Å². The number of rotatable bonds is 6. The van der Waals surface area contributed by atoms with E-state index in [0.717, 1.165) is 11.1 Å². The van der Waals surface area contributed by atoms with Gasteiger partial charge in [-0.2, -0.15) is 5.10 Å². The highest BCUT2D eigenvalue weighted by Gasteiger charge is 2.15. The fraction of sp³-hybridized carbons (Fsp3) is 0.105. The molecule has 7 heteroatoms. The lowest BCUT2D eigenvalue weighted by Gasteiger charge is -2.07. The van der Waals surface area contributed by atoms with Crippen molar-refractivity contribution in [3.8, 4) is 0 Å². The lowest BCUT2D eigenvalue weighted by Crippen LogP contribution is -2.23. The number of benzene rings is 2. The molecule has 3 rings (SSSR count). The molecule has 1 amide bonds. The molecule has 0 saturated carbocycles. The van der Waals surface area contributed by atoms with Crippen molar-refractivity contribution in [1.82, 2.24) is 9.78 Å². The Bertz CT molecular complexity index is 943. The van der Waals surface area contributed by atoms with Gasteiger partial charge in [0.1, 0.15) is 5.71 Å². The van der Waals surface area contributed by atoms with E-state index < -0.39 is 5.91 Å². The van der Waals surface area contributed by atoms with Gasteiger partial charge in [-0.3, -0.25) is 14.9 Å². The van der Waals surface area contributed by atoms with Crippen molar-refractivity contribution in [2.75, 3.05) is 11.1 Å². The molecule has 2 aromatic carbocycles. The minimum absolute atomic E-state index is 0. The van der Waals surface area contributed by atoms with Crippen LogP contribution in [0.5, 0.6) is 0 Å². The second-order valence-electron chi connectivity index (χ2n) is 5.86. The predicted molar refractivity (Wildman–Crippen MR) is 108 cm³/mol. The molecule has 3 aromatic rings.